The first-order valence-corrected chi connectivity index (χ1v) is 10.6. The highest BCUT2D eigenvalue weighted by atomic mass is 32.2. The molecule has 24 heavy (non-hydrogen) atoms. The summed E-state index contributed by atoms with van der Waals surface area (Å²) in [5.74, 6) is 0.843. The minimum absolute atomic E-state index is 0.0410. The van der Waals surface area contributed by atoms with Gasteiger partial charge in [-0.25, -0.2) is 8.42 Å². The lowest BCUT2D eigenvalue weighted by molar-refractivity contribution is -0.142. The summed E-state index contributed by atoms with van der Waals surface area (Å²) in [6.45, 7) is 6.25. The molecule has 8 nitrogen and oxygen atoms in total. The zero-order chi connectivity index (χ0) is 17.6. The third kappa shape index (κ3) is 5.62. The summed E-state index contributed by atoms with van der Waals surface area (Å²) >= 11 is 0. The Labute approximate surface area is 144 Å². The molecular weight excluding hydrogens is 332 g/mol. The number of nitrogens with zero attached hydrogens (tertiary/aromatic N) is 3. The zero-order valence-corrected chi connectivity index (χ0v) is 15.3. The molecule has 1 amide bonds. The molecule has 2 heterocycles. The molecule has 0 aliphatic carbocycles. The monoisotopic (exact) mass is 360 g/mol. The molecule has 2 saturated heterocycles. The fourth-order valence-electron chi connectivity index (χ4n) is 2.86. The SMILES string of the molecule is CCNC(=NCCS(C)(=O)=O)N1CCN(C(=O)C2CCCO2)CC1. The summed E-state index contributed by atoms with van der Waals surface area (Å²) in [5, 5.41) is 3.19. The van der Waals surface area contributed by atoms with Crippen LogP contribution in [0, 0.1) is 0 Å². The number of carbonyl (C=O) groups is 1. The highest BCUT2D eigenvalue weighted by Gasteiger charge is 2.30. The number of rotatable bonds is 5. The summed E-state index contributed by atoms with van der Waals surface area (Å²) < 4.78 is 27.9. The maximum atomic E-state index is 12.4. The van der Waals surface area contributed by atoms with Crippen LogP contribution in [0.2, 0.25) is 0 Å². The van der Waals surface area contributed by atoms with Gasteiger partial charge in [-0.1, -0.05) is 0 Å². The first-order valence-electron chi connectivity index (χ1n) is 8.52. The smallest absolute Gasteiger partial charge is 0.251 e. The summed E-state index contributed by atoms with van der Waals surface area (Å²) in [7, 11) is -3.02. The van der Waals surface area contributed by atoms with Gasteiger partial charge >= 0.3 is 0 Å². The van der Waals surface area contributed by atoms with Crippen molar-refractivity contribution in [1.29, 1.82) is 0 Å². The van der Waals surface area contributed by atoms with Crippen LogP contribution in [0.15, 0.2) is 4.99 Å². The van der Waals surface area contributed by atoms with Crippen molar-refractivity contribution in [1.82, 2.24) is 15.1 Å². The molecule has 1 atom stereocenters. The van der Waals surface area contributed by atoms with Gasteiger partial charge in [0.05, 0.1) is 12.3 Å². The second-order valence-corrected chi connectivity index (χ2v) is 8.44. The van der Waals surface area contributed by atoms with Gasteiger partial charge in [-0.05, 0) is 19.8 Å². The molecule has 0 saturated carbocycles. The normalized spacial score (nSPS) is 22.8. The number of carbonyl (C=O) groups excluding carboxylic acids is 1. The topological polar surface area (TPSA) is 91.3 Å². The van der Waals surface area contributed by atoms with Crippen LogP contribution in [0.1, 0.15) is 19.8 Å². The summed E-state index contributed by atoms with van der Waals surface area (Å²) in [6.07, 6.45) is 2.71. The number of nitrogens with one attached hydrogen (secondary N) is 1. The minimum Gasteiger partial charge on any atom is -0.368 e. The van der Waals surface area contributed by atoms with Crippen molar-refractivity contribution in [2.45, 2.75) is 25.9 Å². The van der Waals surface area contributed by atoms with Crippen LogP contribution in [-0.4, -0.2) is 94.1 Å². The van der Waals surface area contributed by atoms with Crippen molar-refractivity contribution >= 4 is 21.7 Å². The summed E-state index contributed by atoms with van der Waals surface area (Å²) in [5.41, 5.74) is 0. The van der Waals surface area contributed by atoms with Crippen molar-refractivity contribution in [2.75, 3.05) is 57.9 Å². The van der Waals surface area contributed by atoms with E-state index in [1.54, 1.807) is 0 Å². The van der Waals surface area contributed by atoms with E-state index in [4.69, 9.17) is 4.74 Å². The minimum atomic E-state index is -3.02. The average Bonchev–Trinajstić information content (AvgIpc) is 3.07. The summed E-state index contributed by atoms with van der Waals surface area (Å²) in [4.78, 5) is 20.7. The van der Waals surface area contributed by atoms with Gasteiger partial charge in [-0.3, -0.25) is 9.79 Å². The van der Waals surface area contributed by atoms with Gasteiger partial charge in [0.2, 0.25) is 0 Å². The van der Waals surface area contributed by atoms with E-state index in [2.05, 4.69) is 15.2 Å². The molecule has 0 aromatic carbocycles. The van der Waals surface area contributed by atoms with Crippen molar-refractivity contribution in [3.63, 3.8) is 0 Å². The lowest BCUT2D eigenvalue weighted by Gasteiger charge is -2.37. The maximum Gasteiger partial charge on any atom is 0.251 e. The van der Waals surface area contributed by atoms with E-state index < -0.39 is 9.84 Å². The molecule has 0 aromatic heterocycles. The Kier molecular flexibility index (Phi) is 6.85. The van der Waals surface area contributed by atoms with E-state index in [-0.39, 0.29) is 24.3 Å². The number of aliphatic imine (C=N–C) groups is 1. The predicted octanol–water partition coefficient (Wildman–Crippen LogP) is -0.680. The molecule has 1 N–H and O–H groups in total. The third-order valence-corrected chi connectivity index (χ3v) is 5.08. The maximum absolute atomic E-state index is 12.4. The van der Waals surface area contributed by atoms with E-state index in [9.17, 15) is 13.2 Å². The molecule has 9 heteroatoms. The van der Waals surface area contributed by atoms with Gasteiger partial charge in [-0.2, -0.15) is 0 Å². The number of hydrogen-bond acceptors (Lipinski definition) is 5. The number of hydrogen-bond donors (Lipinski definition) is 1. The van der Waals surface area contributed by atoms with E-state index in [1.807, 2.05) is 11.8 Å². The van der Waals surface area contributed by atoms with Crippen LogP contribution in [-0.2, 0) is 19.4 Å². The Balaban J connectivity index is 1.87. The molecule has 0 spiro atoms. The van der Waals surface area contributed by atoms with Crippen molar-refractivity contribution in [2.24, 2.45) is 4.99 Å². The van der Waals surface area contributed by atoms with Gasteiger partial charge in [0.1, 0.15) is 15.9 Å². The number of sulfone groups is 1. The zero-order valence-electron chi connectivity index (χ0n) is 14.5. The molecule has 2 fully saturated rings. The van der Waals surface area contributed by atoms with Gasteiger partial charge in [0.25, 0.3) is 5.91 Å². The van der Waals surface area contributed by atoms with Crippen molar-refractivity contribution in [3.8, 4) is 0 Å². The Hall–Kier alpha value is -1.35. The van der Waals surface area contributed by atoms with Gasteiger partial charge in [0.15, 0.2) is 5.96 Å². The number of amides is 1. The Morgan fingerprint density at radius 3 is 2.46 bits per heavy atom. The fraction of sp³-hybridized carbons (Fsp3) is 0.867. The largest absolute Gasteiger partial charge is 0.368 e. The molecule has 2 rings (SSSR count). The first kappa shape index (κ1) is 19.0. The van der Waals surface area contributed by atoms with Crippen molar-refractivity contribution in [3.05, 3.63) is 0 Å². The molecule has 0 aromatic rings. The standard InChI is InChI=1S/C15H28N4O4S/c1-3-16-15(17-6-12-24(2,21)22)19-9-7-18(8-10-19)14(20)13-5-4-11-23-13/h13H,3-12H2,1-2H3,(H,16,17). The van der Waals surface area contributed by atoms with E-state index in [1.165, 1.54) is 6.26 Å². The third-order valence-electron chi connectivity index (χ3n) is 4.15. The van der Waals surface area contributed by atoms with Gasteiger partial charge < -0.3 is 19.9 Å². The molecular formula is C15H28N4O4S. The fourth-order valence-corrected chi connectivity index (χ4v) is 3.28. The molecule has 2 aliphatic heterocycles. The Morgan fingerprint density at radius 2 is 1.92 bits per heavy atom. The van der Waals surface area contributed by atoms with E-state index in [0.717, 1.165) is 12.8 Å². The Morgan fingerprint density at radius 1 is 1.25 bits per heavy atom. The molecule has 138 valence electrons. The van der Waals surface area contributed by atoms with Crippen LogP contribution in [0.3, 0.4) is 0 Å². The highest BCUT2D eigenvalue weighted by molar-refractivity contribution is 7.90. The lowest BCUT2D eigenvalue weighted by atomic mass is 10.2. The van der Waals surface area contributed by atoms with Gasteiger partial charge in [0, 0.05) is 45.6 Å². The number of guanidine groups is 1. The van der Waals surface area contributed by atoms with Crippen LogP contribution in [0.5, 0.6) is 0 Å². The Bertz CT molecular complexity index is 550. The summed E-state index contributed by atoms with van der Waals surface area (Å²) in [6, 6.07) is 0. The second kappa shape index (κ2) is 8.66. The molecule has 0 radical (unpaired) electrons. The predicted molar refractivity (Wildman–Crippen MR) is 92.8 cm³/mol. The van der Waals surface area contributed by atoms with Gasteiger partial charge in [-0.15, -0.1) is 0 Å². The van der Waals surface area contributed by atoms with Crippen LogP contribution in [0.25, 0.3) is 0 Å². The molecule has 2 aliphatic rings. The van der Waals surface area contributed by atoms with E-state index >= 15 is 0 Å². The first-order chi connectivity index (χ1) is 11.4. The van der Waals surface area contributed by atoms with Crippen LogP contribution >= 0.6 is 0 Å². The number of piperazine rings is 1. The van der Waals surface area contributed by atoms with Crippen molar-refractivity contribution < 1.29 is 17.9 Å². The average molecular weight is 360 g/mol. The lowest BCUT2D eigenvalue weighted by Crippen LogP contribution is -2.55. The second-order valence-electron chi connectivity index (χ2n) is 6.18. The van der Waals surface area contributed by atoms with E-state index in [0.29, 0.717) is 45.3 Å². The van der Waals surface area contributed by atoms with Crippen LogP contribution in [0.4, 0.5) is 0 Å². The van der Waals surface area contributed by atoms with Crippen LogP contribution < -0.4 is 5.32 Å². The molecule has 1 unspecified atom stereocenters. The highest BCUT2D eigenvalue weighted by Crippen LogP contribution is 2.16. The quantitative estimate of drug-likeness (QED) is 0.516. The number of ether oxygens (including phenoxy) is 1. The molecule has 0 bridgehead atoms.